The monoisotopic (exact) mass is 420 g/mol. The number of hydrogen-bond donors (Lipinski definition) is 1. The van der Waals surface area contributed by atoms with Crippen LogP contribution in [0.4, 0.5) is 11.4 Å². The number of carbonyl (C=O) groups excluding carboxylic acids is 1. The van der Waals surface area contributed by atoms with Crippen molar-refractivity contribution in [2.75, 3.05) is 12.4 Å². The Labute approximate surface area is 170 Å². The highest BCUT2D eigenvalue weighted by molar-refractivity contribution is 7.92. The Kier molecular flexibility index (Phi) is 7.33. The maximum Gasteiger partial charge on any atom is 0.269 e. The molecule has 0 unspecified atom stereocenters. The van der Waals surface area contributed by atoms with E-state index >= 15 is 0 Å². The number of ether oxygens (including phenoxy) is 1. The average molecular weight is 420 g/mol. The van der Waals surface area contributed by atoms with Crippen molar-refractivity contribution >= 4 is 27.1 Å². The van der Waals surface area contributed by atoms with Gasteiger partial charge < -0.3 is 10.1 Å². The van der Waals surface area contributed by atoms with Gasteiger partial charge in [-0.15, -0.1) is 0 Å². The van der Waals surface area contributed by atoms with Gasteiger partial charge in [-0.2, -0.15) is 0 Å². The van der Waals surface area contributed by atoms with E-state index in [1.165, 1.54) is 49.6 Å². The predicted octanol–water partition coefficient (Wildman–Crippen LogP) is 3.75. The summed E-state index contributed by atoms with van der Waals surface area (Å²) in [5.41, 5.74) is 0.787. The second-order valence-corrected chi connectivity index (χ2v) is 8.72. The summed E-state index contributed by atoms with van der Waals surface area (Å²) in [6.45, 7) is 3.64. The van der Waals surface area contributed by atoms with E-state index in [0.29, 0.717) is 24.2 Å². The van der Waals surface area contributed by atoms with Gasteiger partial charge in [0.15, 0.2) is 9.84 Å². The molecule has 8 nitrogen and oxygen atoms in total. The Hall–Kier alpha value is -2.94. The van der Waals surface area contributed by atoms with Crippen LogP contribution in [0.25, 0.3) is 0 Å². The van der Waals surface area contributed by atoms with E-state index in [1.807, 2.05) is 13.8 Å². The Balaban J connectivity index is 2.24. The van der Waals surface area contributed by atoms with Gasteiger partial charge in [0.1, 0.15) is 5.75 Å². The number of rotatable bonds is 9. The zero-order valence-corrected chi connectivity index (χ0v) is 17.4. The van der Waals surface area contributed by atoms with Crippen molar-refractivity contribution in [2.24, 2.45) is 0 Å². The van der Waals surface area contributed by atoms with Gasteiger partial charge in [0.25, 0.3) is 5.69 Å². The molecule has 2 rings (SSSR count). The minimum absolute atomic E-state index is 0.0231. The largest absolute Gasteiger partial charge is 0.495 e. The van der Waals surface area contributed by atoms with Gasteiger partial charge >= 0.3 is 0 Å². The van der Waals surface area contributed by atoms with Crippen molar-refractivity contribution < 1.29 is 22.9 Å². The van der Waals surface area contributed by atoms with Gasteiger partial charge in [0, 0.05) is 12.1 Å². The quantitative estimate of drug-likeness (QED) is 0.488. The standard InChI is InChI=1S/C20H24N2O6S/c1-4-16(5-2)29(26,27)17-10-11-19(28-3)18(13-17)21-20(23)12-14-6-8-15(9-7-14)22(24)25/h6-11,13,16H,4-5,12H2,1-3H3,(H,21,23). The number of nitro groups is 1. The molecule has 2 aromatic rings. The lowest BCUT2D eigenvalue weighted by Crippen LogP contribution is -2.20. The van der Waals surface area contributed by atoms with Crippen LogP contribution >= 0.6 is 0 Å². The molecular weight excluding hydrogens is 396 g/mol. The number of amides is 1. The number of nitrogens with zero attached hydrogens (tertiary/aromatic N) is 1. The molecule has 29 heavy (non-hydrogen) atoms. The van der Waals surface area contributed by atoms with Gasteiger partial charge in [0.2, 0.25) is 5.91 Å². The van der Waals surface area contributed by atoms with Gasteiger partial charge in [0.05, 0.1) is 34.3 Å². The molecule has 0 saturated carbocycles. The molecule has 0 fully saturated rings. The Morgan fingerprint density at radius 3 is 2.28 bits per heavy atom. The van der Waals surface area contributed by atoms with Crippen molar-refractivity contribution in [3.63, 3.8) is 0 Å². The number of nitro benzene ring substituents is 1. The molecule has 1 amide bonds. The number of anilines is 1. The lowest BCUT2D eigenvalue weighted by molar-refractivity contribution is -0.384. The summed E-state index contributed by atoms with van der Waals surface area (Å²) in [4.78, 5) is 22.7. The molecule has 0 radical (unpaired) electrons. The highest BCUT2D eigenvalue weighted by Crippen LogP contribution is 2.30. The van der Waals surface area contributed by atoms with Gasteiger partial charge in [-0.25, -0.2) is 8.42 Å². The van der Waals surface area contributed by atoms with Crippen LogP contribution in [0.2, 0.25) is 0 Å². The number of non-ortho nitro benzene ring substituents is 1. The van der Waals surface area contributed by atoms with Crippen LogP contribution in [-0.4, -0.2) is 31.6 Å². The molecule has 2 aromatic carbocycles. The fourth-order valence-corrected chi connectivity index (χ4v) is 4.80. The van der Waals surface area contributed by atoms with Gasteiger partial charge in [-0.3, -0.25) is 14.9 Å². The molecule has 0 aliphatic rings. The Bertz CT molecular complexity index is 983. The van der Waals surface area contributed by atoms with Crippen LogP contribution in [0.5, 0.6) is 5.75 Å². The molecule has 0 aliphatic heterocycles. The molecule has 156 valence electrons. The van der Waals surface area contributed by atoms with E-state index in [9.17, 15) is 23.3 Å². The zero-order valence-electron chi connectivity index (χ0n) is 16.5. The van der Waals surface area contributed by atoms with Gasteiger partial charge in [-0.05, 0) is 36.6 Å². The molecule has 0 spiro atoms. The minimum atomic E-state index is -3.53. The van der Waals surface area contributed by atoms with Crippen molar-refractivity contribution in [3.05, 3.63) is 58.1 Å². The highest BCUT2D eigenvalue weighted by Gasteiger charge is 2.25. The molecule has 1 N–H and O–H groups in total. The number of benzene rings is 2. The zero-order chi connectivity index (χ0) is 21.6. The number of carbonyl (C=O) groups is 1. The molecule has 0 aromatic heterocycles. The van der Waals surface area contributed by atoms with Crippen molar-refractivity contribution in [1.29, 1.82) is 0 Å². The van der Waals surface area contributed by atoms with Crippen LogP contribution in [-0.2, 0) is 21.1 Å². The minimum Gasteiger partial charge on any atom is -0.495 e. The Morgan fingerprint density at radius 1 is 1.14 bits per heavy atom. The van der Waals surface area contributed by atoms with E-state index in [1.54, 1.807) is 0 Å². The summed E-state index contributed by atoms with van der Waals surface area (Å²) in [5, 5.41) is 12.9. The van der Waals surface area contributed by atoms with E-state index < -0.39 is 25.9 Å². The van der Waals surface area contributed by atoms with Crippen LogP contribution in [0.3, 0.4) is 0 Å². The SMILES string of the molecule is CCC(CC)S(=O)(=O)c1ccc(OC)c(NC(=O)Cc2ccc([N+](=O)[O-])cc2)c1. The van der Waals surface area contributed by atoms with E-state index in [-0.39, 0.29) is 22.7 Å². The first-order valence-corrected chi connectivity index (χ1v) is 10.7. The lowest BCUT2D eigenvalue weighted by atomic mass is 10.1. The van der Waals surface area contributed by atoms with Crippen molar-refractivity contribution in [2.45, 2.75) is 43.3 Å². The fraction of sp³-hybridized carbons (Fsp3) is 0.350. The number of hydrogen-bond acceptors (Lipinski definition) is 6. The molecule has 0 bridgehead atoms. The summed E-state index contributed by atoms with van der Waals surface area (Å²) in [7, 11) is -2.10. The Morgan fingerprint density at radius 2 is 1.76 bits per heavy atom. The summed E-state index contributed by atoms with van der Waals surface area (Å²) in [5.74, 6) is -0.0558. The first-order valence-electron chi connectivity index (χ1n) is 9.18. The van der Waals surface area contributed by atoms with E-state index in [0.717, 1.165) is 0 Å². The third-order valence-corrected chi connectivity index (χ3v) is 7.09. The van der Waals surface area contributed by atoms with Crippen LogP contribution in [0, 0.1) is 10.1 Å². The fourth-order valence-electron chi connectivity index (χ4n) is 3.00. The smallest absolute Gasteiger partial charge is 0.269 e. The van der Waals surface area contributed by atoms with Crippen LogP contribution in [0.15, 0.2) is 47.4 Å². The summed E-state index contributed by atoms with van der Waals surface area (Å²) in [6, 6.07) is 10.0. The maximum absolute atomic E-state index is 12.8. The molecule has 0 aliphatic carbocycles. The summed E-state index contributed by atoms with van der Waals surface area (Å²) < 4.78 is 30.8. The first-order chi connectivity index (χ1) is 13.7. The number of methoxy groups -OCH3 is 1. The van der Waals surface area contributed by atoms with Crippen LogP contribution in [0.1, 0.15) is 32.3 Å². The molecule has 0 atom stereocenters. The van der Waals surface area contributed by atoms with E-state index in [4.69, 9.17) is 4.74 Å². The molecule has 9 heteroatoms. The van der Waals surface area contributed by atoms with Crippen LogP contribution < -0.4 is 10.1 Å². The third-order valence-electron chi connectivity index (χ3n) is 4.63. The summed E-state index contributed by atoms with van der Waals surface area (Å²) in [6.07, 6.45) is 0.962. The normalized spacial score (nSPS) is 11.3. The topological polar surface area (TPSA) is 116 Å². The predicted molar refractivity (Wildman–Crippen MR) is 110 cm³/mol. The molecule has 0 heterocycles. The molecular formula is C20H24N2O6S. The third kappa shape index (κ3) is 5.32. The average Bonchev–Trinajstić information content (AvgIpc) is 2.69. The second-order valence-electron chi connectivity index (χ2n) is 6.49. The highest BCUT2D eigenvalue weighted by atomic mass is 32.2. The lowest BCUT2D eigenvalue weighted by Gasteiger charge is -2.16. The number of sulfone groups is 1. The van der Waals surface area contributed by atoms with Crippen molar-refractivity contribution in [1.82, 2.24) is 0 Å². The molecule has 0 saturated heterocycles. The maximum atomic E-state index is 12.8. The number of nitrogens with one attached hydrogen (secondary N) is 1. The van der Waals surface area contributed by atoms with Gasteiger partial charge in [-0.1, -0.05) is 26.0 Å². The first kappa shape index (κ1) is 22.4. The van der Waals surface area contributed by atoms with E-state index in [2.05, 4.69) is 5.32 Å². The van der Waals surface area contributed by atoms with Crippen molar-refractivity contribution in [3.8, 4) is 5.75 Å². The second kappa shape index (κ2) is 9.51. The summed E-state index contributed by atoms with van der Waals surface area (Å²) >= 11 is 0.